The lowest BCUT2D eigenvalue weighted by Gasteiger charge is -2.14. The van der Waals surface area contributed by atoms with Gasteiger partial charge in [0.15, 0.2) is 0 Å². The monoisotopic (exact) mass is 315 g/mol. The van der Waals surface area contributed by atoms with Crippen LogP contribution in [0.3, 0.4) is 0 Å². The fourth-order valence-electron chi connectivity index (χ4n) is 2.19. The van der Waals surface area contributed by atoms with Crippen molar-refractivity contribution in [3.8, 4) is 0 Å². The third-order valence-corrected chi connectivity index (χ3v) is 3.87. The topological polar surface area (TPSA) is 89.6 Å². The van der Waals surface area contributed by atoms with Crippen LogP contribution in [0.4, 0.5) is 0 Å². The molecule has 1 heterocycles. The van der Waals surface area contributed by atoms with Gasteiger partial charge in [0.25, 0.3) is 0 Å². The molecule has 1 rings (SSSR count). The lowest BCUT2D eigenvalue weighted by atomic mass is 9.91. The van der Waals surface area contributed by atoms with Crippen molar-refractivity contribution in [1.82, 2.24) is 5.16 Å². The molecule has 0 aliphatic heterocycles. The molecule has 7 heteroatoms. The zero-order valence-electron chi connectivity index (χ0n) is 12.6. The fourth-order valence-corrected chi connectivity index (χ4v) is 2.52. The van der Waals surface area contributed by atoms with Gasteiger partial charge in [0.05, 0.1) is 14.5 Å². The van der Waals surface area contributed by atoms with Crippen LogP contribution in [0.1, 0.15) is 55.0 Å². The van der Waals surface area contributed by atoms with E-state index in [1.165, 1.54) is 0 Å². The van der Waals surface area contributed by atoms with Gasteiger partial charge in [-0.2, -0.15) is 0 Å². The molecular weight excluding hydrogens is 293 g/mol. The first kappa shape index (κ1) is 17.6. The molecule has 0 bridgehead atoms. The number of aryl methyl sites for hydroxylation is 1. The molecule has 6 nitrogen and oxygen atoms in total. The normalized spacial score (nSPS) is 12.7. The predicted octanol–water partition coefficient (Wildman–Crippen LogP) is 3.18. The van der Waals surface area contributed by atoms with Gasteiger partial charge in [0, 0.05) is 24.3 Å². The number of aromatic nitrogens is 1. The van der Waals surface area contributed by atoms with Crippen LogP contribution in [0.25, 0.3) is 0 Å². The van der Waals surface area contributed by atoms with E-state index in [1.807, 2.05) is 13.8 Å². The molecule has 0 aliphatic carbocycles. The summed E-state index contributed by atoms with van der Waals surface area (Å²) in [6.07, 6.45) is 2.24. The Morgan fingerprint density at radius 3 is 2.57 bits per heavy atom. The fraction of sp³-hybridized carbons (Fsp3) is 0.643. The highest BCUT2D eigenvalue weighted by atomic mass is 31.1. The standard InChI is InChI=1S/C14H22NO5P/c1-9-10(2)19-15-14(9)11(5-4-6-12(16)17)7-8-13(18)20-21-3/h11,21H,4-8H2,1-3H3,(H,16,17). The molecule has 0 saturated heterocycles. The summed E-state index contributed by atoms with van der Waals surface area (Å²) in [5, 5.41) is 12.8. The second-order valence-corrected chi connectivity index (χ2v) is 5.56. The predicted molar refractivity (Wildman–Crippen MR) is 79.8 cm³/mol. The summed E-state index contributed by atoms with van der Waals surface area (Å²) in [4.78, 5) is 22.1. The van der Waals surface area contributed by atoms with E-state index in [-0.39, 0.29) is 27.1 Å². The number of nitrogens with zero attached hydrogens (tertiary/aromatic N) is 1. The van der Waals surface area contributed by atoms with Crippen LogP contribution in [0.15, 0.2) is 4.52 Å². The van der Waals surface area contributed by atoms with E-state index in [9.17, 15) is 9.59 Å². The van der Waals surface area contributed by atoms with Crippen molar-refractivity contribution >= 4 is 20.7 Å². The van der Waals surface area contributed by atoms with E-state index in [1.54, 1.807) is 6.66 Å². The maximum absolute atomic E-state index is 11.5. The SMILES string of the molecule is CPOC(=O)CCC(CCCC(=O)O)c1noc(C)c1C. The highest BCUT2D eigenvalue weighted by molar-refractivity contribution is 7.31. The minimum Gasteiger partial charge on any atom is -0.481 e. The van der Waals surface area contributed by atoms with Gasteiger partial charge >= 0.3 is 11.9 Å². The molecule has 0 aliphatic rings. The quantitative estimate of drug-likeness (QED) is 0.704. The number of aliphatic carboxylic acids is 1. The second-order valence-electron chi connectivity index (χ2n) is 4.95. The van der Waals surface area contributed by atoms with Crippen molar-refractivity contribution in [2.45, 2.75) is 51.9 Å². The lowest BCUT2D eigenvalue weighted by molar-refractivity contribution is -0.137. The third kappa shape index (κ3) is 5.84. The van der Waals surface area contributed by atoms with Gasteiger partial charge in [0.2, 0.25) is 0 Å². The van der Waals surface area contributed by atoms with Gasteiger partial charge in [-0.1, -0.05) is 5.16 Å². The first-order chi connectivity index (χ1) is 9.95. The Morgan fingerprint density at radius 2 is 2.05 bits per heavy atom. The van der Waals surface area contributed by atoms with Crippen molar-refractivity contribution in [2.75, 3.05) is 6.66 Å². The molecule has 21 heavy (non-hydrogen) atoms. The zero-order chi connectivity index (χ0) is 15.8. The molecule has 0 fully saturated rings. The maximum Gasteiger partial charge on any atom is 0.308 e. The van der Waals surface area contributed by atoms with Crippen LogP contribution >= 0.6 is 8.81 Å². The van der Waals surface area contributed by atoms with Gasteiger partial charge in [0.1, 0.15) is 5.76 Å². The van der Waals surface area contributed by atoms with Gasteiger partial charge in [-0.25, -0.2) is 0 Å². The van der Waals surface area contributed by atoms with Crippen molar-refractivity contribution in [1.29, 1.82) is 0 Å². The number of carbonyl (C=O) groups excluding carboxylic acids is 1. The van der Waals surface area contributed by atoms with E-state index >= 15 is 0 Å². The maximum atomic E-state index is 11.5. The Morgan fingerprint density at radius 1 is 1.33 bits per heavy atom. The number of hydrogen-bond acceptors (Lipinski definition) is 5. The zero-order valence-corrected chi connectivity index (χ0v) is 13.6. The number of carbonyl (C=O) groups is 2. The molecule has 2 unspecified atom stereocenters. The number of carboxylic acid groups (broad SMARTS) is 1. The highest BCUT2D eigenvalue weighted by Crippen LogP contribution is 2.30. The van der Waals surface area contributed by atoms with Crippen LogP contribution in [0.5, 0.6) is 0 Å². The van der Waals surface area contributed by atoms with E-state index < -0.39 is 5.97 Å². The molecule has 118 valence electrons. The van der Waals surface area contributed by atoms with Crippen LogP contribution in [-0.2, 0) is 14.1 Å². The van der Waals surface area contributed by atoms with E-state index in [4.69, 9.17) is 14.2 Å². The van der Waals surface area contributed by atoms with Crippen molar-refractivity contribution in [3.63, 3.8) is 0 Å². The minimum absolute atomic E-state index is 0.0227. The van der Waals surface area contributed by atoms with Crippen molar-refractivity contribution in [2.24, 2.45) is 0 Å². The summed E-state index contributed by atoms with van der Waals surface area (Å²) in [6.45, 7) is 5.57. The molecule has 2 atom stereocenters. The summed E-state index contributed by atoms with van der Waals surface area (Å²) in [5.41, 5.74) is 1.80. The molecule has 1 aromatic rings. The van der Waals surface area contributed by atoms with Gasteiger partial charge < -0.3 is 14.2 Å². The molecule has 0 amide bonds. The molecule has 1 aromatic heterocycles. The molecule has 0 radical (unpaired) electrons. The minimum atomic E-state index is -0.812. The number of hydrogen-bond donors (Lipinski definition) is 1. The Bertz CT molecular complexity index is 486. The Kier molecular flexibility index (Phi) is 7.37. The van der Waals surface area contributed by atoms with Crippen molar-refractivity contribution < 1.29 is 23.7 Å². The molecule has 1 N–H and O–H groups in total. The van der Waals surface area contributed by atoms with Gasteiger partial charge in [-0.3, -0.25) is 9.59 Å². The lowest BCUT2D eigenvalue weighted by Crippen LogP contribution is -2.07. The Hall–Kier alpha value is -1.42. The first-order valence-corrected chi connectivity index (χ1v) is 8.37. The first-order valence-electron chi connectivity index (χ1n) is 6.96. The number of rotatable bonds is 9. The summed E-state index contributed by atoms with van der Waals surface area (Å²) in [6, 6.07) is 0. The van der Waals surface area contributed by atoms with E-state index in [0.717, 1.165) is 17.0 Å². The van der Waals surface area contributed by atoms with Crippen LogP contribution in [0.2, 0.25) is 0 Å². The van der Waals surface area contributed by atoms with Crippen LogP contribution in [0, 0.1) is 13.8 Å². The third-order valence-electron chi connectivity index (χ3n) is 3.44. The average molecular weight is 315 g/mol. The Balaban J connectivity index is 2.67. The summed E-state index contributed by atoms with van der Waals surface area (Å²) in [7, 11) is 0.146. The van der Waals surface area contributed by atoms with Crippen LogP contribution < -0.4 is 0 Å². The number of carboxylic acids is 1. The molecule has 0 saturated carbocycles. The van der Waals surface area contributed by atoms with E-state index in [2.05, 4.69) is 5.16 Å². The summed E-state index contributed by atoms with van der Waals surface area (Å²) < 4.78 is 10.1. The highest BCUT2D eigenvalue weighted by Gasteiger charge is 2.21. The van der Waals surface area contributed by atoms with Gasteiger partial charge in [-0.15, -0.1) is 0 Å². The molecule has 0 aromatic carbocycles. The largest absolute Gasteiger partial charge is 0.481 e. The van der Waals surface area contributed by atoms with Crippen molar-refractivity contribution in [3.05, 3.63) is 17.0 Å². The van der Waals surface area contributed by atoms with Crippen LogP contribution in [-0.4, -0.2) is 28.9 Å². The molecule has 0 spiro atoms. The average Bonchev–Trinajstić information content (AvgIpc) is 2.74. The molecular formula is C14H22NO5P. The summed E-state index contributed by atoms with van der Waals surface area (Å²) in [5.74, 6) is -0.259. The second kappa shape index (κ2) is 8.78. The van der Waals surface area contributed by atoms with E-state index in [0.29, 0.717) is 25.7 Å². The Labute approximate surface area is 126 Å². The summed E-state index contributed by atoms with van der Waals surface area (Å²) >= 11 is 0. The smallest absolute Gasteiger partial charge is 0.308 e. The van der Waals surface area contributed by atoms with Gasteiger partial charge in [-0.05, 0) is 39.8 Å².